The van der Waals surface area contributed by atoms with Gasteiger partial charge >= 0.3 is 0 Å². The maximum Gasteiger partial charge on any atom is 0.165 e. The Hall–Kier alpha value is -2.56. The fraction of sp³-hybridized carbons (Fsp3) is 0.133. The molecule has 2 aromatic carbocycles. The van der Waals surface area contributed by atoms with Crippen molar-refractivity contribution in [1.29, 1.82) is 5.41 Å². The average molecular weight is 274 g/mol. The number of nitrogens with one attached hydrogen (secondary N) is 1. The van der Waals surface area contributed by atoms with Crippen LogP contribution in [0.3, 0.4) is 0 Å². The molecule has 2 rings (SSSR count). The summed E-state index contributed by atoms with van der Waals surface area (Å²) < 4.78 is 23.9. The van der Waals surface area contributed by atoms with Crippen LogP contribution in [-0.2, 0) is 6.61 Å². The summed E-state index contributed by atoms with van der Waals surface area (Å²) in [5.74, 6) is 0.431. The maximum absolute atomic E-state index is 13.5. The minimum Gasteiger partial charge on any atom is -0.494 e. The summed E-state index contributed by atoms with van der Waals surface area (Å²) in [4.78, 5) is 0. The molecule has 0 bridgehead atoms. The summed E-state index contributed by atoms with van der Waals surface area (Å²) in [6.07, 6.45) is 0. The Bertz CT molecular complexity index is 612. The number of nitrogen functional groups attached to an aromatic ring is 1. The highest BCUT2D eigenvalue weighted by atomic mass is 19.1. The quantitative estimate of drug-likeness (QED) is 0.650. The van der Waals surface area contributed by atoms with Gasteiger partial charge in [0.15, 0.2) is 11.6 Å². The molecule has 4 nitrogen and oxygen atoms in total. The van der Waals surface area contributed by atoms with Crippen molar-refractivity contribution < 1.29 is 13.9 Å². The lowest BCUT2D eigenvalue weighted by Crippen LogP contribution is -2.10. The Kier molecular flexibility index (Phi) is 4.20. The van der Waals surface area contributed by atoms with Gasteiger partial charge in [-0.05, 0) is 42.0 Å². The van der Waals surface area contributed by atoms with Crippen molar-refractivity contribution in [2.75, 3.05) is 7.11 Å². The van der Waals surface area contributed by atoms with Crippen LogP contribution in [-0.4, -0.2) is 12.9 Å². The minimum absolute atomic E-state index is 0.00813. The zero-order valence-electron chi connectivity index (χ0n) is 11.0. The van der Waals surface area contributed by atoms with E-state index in [-0.39, 0.29) is 18.2 Å². The van der Waals surface area contributed by atoms with E-state index in [4.69, 9.17) is 20.6 Å². The highest BCUT2D eigenvalue weighted by Gasteiger charge is 2.04. The van der Waals surface area contributed by atoms with Gasteiger partial charge in [-0.1, -0.05) is 6.07 Å². The smallest absolute Gasteiger partial charge is 0.165 e. The first-order valence-corrected chi connectivity index (χ1v) is 6.00. The molecule has 0 aliphatic carbocycles. The fourth-order valence-corrected chi connectivity index (χ4v) is 1.70. The van der Waals surface area contributed by atoms with Gasteiger partial charge in [0.2, 0.25) is 0 Å². The van der Waals surface area contributed by atoms with E-state index >= 15 is 0 Å². The molecule has 0 fully saturated rings. The van der Waals surface area contributed by atoms with Crippen LogP contribution in [0, 0.1) is 11.2 Å². The molecule has 0 saturated heterocycles. The zero-order chi connectivity index (χ0) is 14.5. The largest absolute Gasteiger partial charge is 0.494 e. The first kappa shape index (κ1) is 13.9. The van der Waals surface area contributed by atoms with Crippen molar-refractivity contribution in [3.63, 3.8) is 0 Å². The topological polar surface area (TPSA) is 68.3 Å². The standard InChI is InChI=1S/C15H15FN2O2/c1-19-14-7-2-10(8-13(14)16)9-20-12-5-3-11(4-6-12)15(17)18/h2-8H,9H2,1H3,(H3,17,18). The molecular formula is C15H15FN2O2. The summed E-state index contributed by atoms with van der Waals surface area (Å²) in [6, 6.07) is 11.5. The SMILES string of the molecule is COc1ccc(COc2ccc(C(=N)N)cc2)cc1F. The van der Waals surface area contributed by atoms with Crippen LogP contribution in [0.5, 0.6) is 11.5 Å². The monoisotopic (exact) mass is 274 g/mol. The number of halogens is 1. The molecule has 0 spiro atoms. The number of hydrogen-bond donors (Lipinski definition) is 2. The molecule has 3 N–H and O–H groups in total. The molecule has 0 radical (unpaired) electrons. The summed E-state index contributed by atoms with van der Waals surface area (Å²) in [5.41, 5.74) is 6.70. The van der Waals surface area contributed by atoms with Crippen LogP contribution in [0.15, 0.2) is 42.5 Å². The lowest BCUT2D eigenvalue weighted by atomic mass is 10.2. The predicted octanol–water partition coefficient (Wildman–Crippen LogP) is 2.70. The number of benzene rings is 2. The van der Waals surface area contributed by atoms with E-state index < -0.39 is 5.82 Å². The van der Waals surface area contributed by atoms with E-state index in [1.54, 1.807) is 36.4 Å². The van der Waals surface area contributed by atoms with Crippen LogP contribution in [0.2, 0.25) is 0 Å². The van der Waals surface area contributed by atoms with Crippen LogP contribution >= 0.6 is 0 Å². The van der Waals surface area contributed by atoms with Gasteiger partial charge in [0, 0.05) is 5.56 Å². The van der Waals surface area contributed by atoms with Gasteiger partial charge in [0.25, 0.3) is 0 Å². The van der Waals surface area contributed by atoms with Gasteiger partial charge < -0.3 is 15.2 Å². The highest BCUT2D eigenvalue weighted by molar-refractivity contribution is 5.94. The molecule has 0 heterocycles. The van der Waals surface area contributed by atoms with Gasteiger partial charge in [-0.3, -0.25) is 5.41 Å². The van der Waals surface area contributed by atoms with Gasteiger partial charge in [0.05, 0.1) is 7.11 Å². The third-order valence-electron chi connectivity index (χ3n) is 2.79. The number of nitrogens with two attached hydrogens (primary N) is 1. The third kappa shape index (κ3) is 3.26. The second-order valence-electron chi connectivity index (χ2n) is 4.20. The molecule has 0 aliphatic rings. The molecule has 2 aromatic rings. The van der Waals surface area contributed by atoms with Gasteiger partial charge in [-0.15, -0.1) is 0 Å². The minimum atomic E-state index is -0.416. The maximum atomic E-state index is 13.5. The Labute approximate surface area is 116 Å². The zero-order valence-corrected chi connectivity index (χ0v) is 11.0. The first-order chi connectivity index (χ1) is 9.60. The normalized spacial score (nSPS) is 10.1. The Balaban J connectivity index is 2.01. The highest BCUT2D eigenvalue weighted by Crippen LogP contribution is 2.19. The van der Waals surface area contributed by atoms with E-state index in [9.17, 15) is 4.39 Å². The van der Waals surface area contributed by atoms with Gasteiger partial charge in [-0.2, -0.15) is 0 Å². The predicted molar refractivity (Wildman–Crippen MR) is 74.7 cm³/mol. The van der Waals surface area contributed by atoms with E-state index in [1.165, 1.54) is 13.2 Å². The van der Waals surface area contributed by atoms with Crippen LogP contribution in [0.25, 0.3) is 0 Å². The second-order valence-corrected chi connectivity index (χ2v) is 4.20. The lowest BCUT2D eigenvalue weighted by molar-refractivity contribution is 0.304. The van der Waals surface area contributed by atoms with Crippen LogP contribution in [0.4, 0.5) is 4.39 Å². The first-order valence-electron chi connectivity index (χ1n) is 6.00. The molecule has 0 saturated carbocycles. The van der Waals surface area contributed by atoms with Crippen molar-refractivity contribution in [2.45, 2.75) is 6.61 Å². The molecular weight excluding hydrogens is 259 g/mol. The Morgan fingerprint density at radius 2 is 1.90 bits per heavy atom. The number of amidine groups is 1. The number of rotatable bonds is 5. The molecule has 0 atom stereocenters. The molecule has 5 heteroatoms. The Morgan fingerprint density at radius 3 is 2.45 bits per heavy atom. The molecule has 0 unspecified atom stereocenters. The van der Waals surface area contributed by atoms with Crippen molar-refractivity contribution in [3.8, 4) is 11.5 Å². The second kappa shape index (κ2) is 6.06. The van der Waals surface area contributed by atoms with E-state index in [0.717, 1.165) is 0 Å². The van der Waals surface area contributed by atoms with Crippen molar-refractivity contribution in [3.05, 3.63) is 59.4 Å². The summed E-state index contributed by atoms with van der Waals surface area (Å²) >= 11 is 0. The van der Waals surface area contributed by atoms with E-state index in [1.807, 2.05) is 0 Å². The summed E-state index contributed by atoms with van der Waals surface area (Å²) in [7, 11) is 1.42. The van der Waals surface area contributed by atoms with Gasteiger partial charge in [0.1, 0.15) is 18.2 Å². The number of hydrogen-bond acceptors (Lipinski definition) is 3. The Morgan fingerprint density at radius 1 is 1.20 bits per heavy atom. The molecule has 104 valence electrons. The van der Waals surface area contributed by atoms with Crippen molar-refractivity contribution in [1.82, 2.24) is 0 Å². The summed E-state index contributed by atoms with van der Waals surface area (Å²) in [5, 5.41) is 7.29. The van der Waals surface area contributed by atoms with Crippen LogP contribution in [0.1, 0.15) is 11.1 Å². The lowest BCUT2D eigenvalue weighted by Gasteiger charge is -2.08. The van der Waals surface area contributed by atoms with Crippen molar-refractivity contribution in [2.24, 2.45) is 5.73 Å². The fourth-order valence-electron chi connectivity index (χ4n) is 1.70. The number of ether oxygens (including phenoxy) is 2. The average Bonchev–Trinajstić information content (AvgIpc) is 2.45. The third-order valence-corrected chi connectivity index (χ3v) is 2.79. The van der Waals surface area contributed by atoms with Crippen molar-refractivity contribution >= 4 is 5.84 Å². The van der Waals surface area contributed by atoms with E-state index in [2.05, 4.69) is 0 Å². The molecule has 0 aliphatic heterocycles. The van der Waals surface area contributed by atoms with Crippen LogP contribution < -0.4 is 15.2 Å². The number of methoxy groups -OCH3 is 1. The van der Waals surface area contributed by atoms with E-state index in [0.29, 0.717) is 16.9 Å². The summed E-state index contributed by atoms with van der Waals surface area (Å²) in [6.45, 7) is 0.250. The molecule has 0 amide bonds. The molecule has 0 aromatic heterocycles. The van der Waals surface area contributed by atoms with Gasteiger partial charge in [-0.25, -0.2) is 4.39 Å². The molecule has 20 heavy (non-hydrogen) atoms.